The normalized spacial score (nSPS) is 33.3. The van der Waals surface area contributed by atoms with Crippen LogP contribution in [-0.2, 0) is 23.7 Å². The van der Waals surface area contributed by atoms with Crippen LogP contribution in [0.1, 0.15) is 40.0 Å². The molecule has 23 heavy (non-hydrogen) atoms. The van der Waals surface area contributed by atoms with Crippen LogP contribution in [0, 0.1) is 11.3 Å². The molecule has 0 aromatic rings. The van der Waals surface area contributed by atoms with E-state index in [2.05, 4.69) is 20.8 Å². The molecule has 3 atom stereocenters. The molecule has 0 aromatic heterocycles. The molecule has 5 heteroatoms. The standard InChI is InChI=1S/C18H34O5/c1-18(2,3)15-4-5-16-17(14-15)23-13-11-21-9-7-19-6-8-20-10-12-22-16/h15-17H,4-14H2,1-3H3/t15-,16+,17-/m1/s1. The SMILES string of the molecule is CC(C)(C)[C@@H]1CC[C@@H]2OCCOCCOCCOCCO[C@@H]2C1. The van der Waals surface area contributed by atoms with Gasteiger partial charge < -0.3 is 23.7 Å². The quantitative estimate of drug-likeness (QED) is 0.683. The van der Waals surface area contributed by atoms with Gasteiger partial charge in [0.25, 0.3) is 0 Å². The fraction of sp³-hybridized carbons (Fsp3) is 1.00. The zero-order chi connectivity index (χ0) is 16.5. The Balaban J connectivity index is 1.86. The zero-order valence-corrected chi connectivity index (χ0v) is 15.1. The predicted octanol–water partition coefficient (Wildman–Crippen LogP) is 2.67. The van der Waals surface area contributed by atoms with Crippen molar-refractivity contribution in [1.82, 2.24) is 0 Å². The summed E-state index contributed by atoms with van der Waals surface area (Å²) in [6.07, 6.45) is 3.69. The summed E-state index contributed by atoms with van der Waals surface area (Å²) in [5, 5.41) is 0. The van der Waals surface area contributed by atoms with Crippen molar-refractivity contribution >= 4 is 0 Å². The van der Waals surface area contributed by atoms with Crippen molar-refractivity contribution in [3.05, 3.63) is 0 Å². The van der Waals surface area contributed by atoms with Gasteiger partial charge in [-0.25, -0.2) is 0 Å². The molecule has 2 rings (SSSR count). The molecular formula is C18H34O5. The largest absolute Gasteiger partial charge is 0.377 e. The van der Waals surface area contributed by atoms with Crippen molar-refractivity contribution in [2.24, 2.45) is 11.3 Å². The first-order valence-corrected chi connectivity index (χ1v) is 9.04. The first-order chi connectivity index (χ1) is 11.1. The summed E-state index contributed by atoms with van der Waals surface area (Å²) in [6.45, 7) is 11.9. The van der Waals surface area contributed by atoms with Gasteiger partial charge in [-0.05, 0) is 30.6 Å². The van der Waals surface area contributed by atoms with Crippen LogP contribution in [0.2, 0.25) is 0 Å². The summed E-state index contributed by atoms with van der Waals surface area (Å²) in [6, 6.07) is 0. The van der Waals surface area contributed by atoms with Gasteiger partial charge in [0.1, 0.15) is 0 Å². The molecule has 1 saturated heterocycles. The third-order valence-corrected chi connectivity index (χ3v) is 4.82. The van der Waals surface area contributed by atoms with E-state index in [1.807, 2.05) is 0 Å². The molecule has 0 N–H and O–H groups in total. The summed E-state index contributed by atoms with van der Waals surface area (Å²) in [5.41, 5.74) is 0.322. The van der Waals surface area contributed by atoms with E-state index < -0.39 is 0 Å². The number of hydrogen-bond acceptors (Lipinski definition) is 5. The predicted molar refractivity (Wildman–Crippen MR) is 88.7 cm³/mol. The molecule has 2 aliphatic rings. The van der Waals surface area contributed by atoms with E-state index in [9.17, 15) is 0 Å². The van der Waals surface area contributed by atoms with Crippen LogP contribution >= 0.6 is 0 Å². The van der Waals surface area contributed by atoms with Crippen LogP contribution in [0.3, 0.4) is 0 Å². The second-order valence-electron chi connectivity index (χ2n) is 7.53. The molecule has 2 fully saturated rings. The van der Waals surface area contributed by atoms with Gasteiger partial charge >= 0.3 is 0 Å². The second-order valence-corrected chi connectivity index (χ2v) is 7.53. The summed E-state index contributed by atoms with van der Waals surface area (Å²) in [4.78, 5) is 0. The molecule has 136 valence electrons. The summed E-state index contributed by atoms with van der Waals surface area (Å²) in [7, 11) is 0. The van der Waals surface area contributed by atoms with Gasteiger partial charge in [-0.1, -0.05) is 20.8 Å². The van der Waals surface area contributed by atoms with Gasteiger partial charge in [-0.3, -0.25) is 0 Å². The fourth-order valence-corrected chi connectivity index (χ4v) is 3.31. The molecule has 0 amide bonds. The highest BCUT2D eigenvalue weighted by Crippen LogP contribution is 2.39. The van der Waals surface area contributed by atoms with Crippen molar-refractivity contribution in [2.75, 3.05) is 52.9 Å². The fourth-order valence-electron chi connectivity index (χ4n) is 3.31. The molecule has 1 saturated carbocycles. The van der Waals surface area contributed by atoms with E-state index in [-0.39, 0.29) is 12.2 Å². The maximum absolute atomic E-state index is 6.12. The first kappa shape index (κ1) is 19.1. The van der Waals surface area contributed by atoms with E-state index in [4.69, 9.17) is 23.7 Å². The Kier molecular flexibility index (Phi) is 8.27. The third kappa shape index (κ3) is 7.06. The first-order valence-electron chi connectivity index (χ1n) is 9.04. The van der Waals surface area contributed by atoms with Crippen LogP contribution in [0.25, 0.3) is 0 Å². The minimum Gasteiger partial charge on any atom is -0.377 e. The van der Waals surface area contributed by atoms with Gasteiger partial charge in [0.2, 0.25) is 0 Å². The van der Waals surface area contributed by atoms with Gasteiger partial charge in [0.15, 0.2) is 0 Å². The van der Waals surface area contributed by atoms with Gasteiger partial charge in [-0.2, -0.15) is 0 Å². The van der Waals surface area contributed by atoms with Crippen LogP contribution in [0.4, 0.5) is 0 Å². The Morgan fingerprint density at radius 1 is 0.609 bits per heavy atom. The molecular weight excluding hydrogens is 296 g/mol. The maximum Gasteiger partial charge on any atom is 0.0840 e. The monoisotopic (exact) mass is 330 g/mol. The average molecular weight is 330 g/mol. The highest BCUT2D eigenvalue weighted by molar-refractivity contribution is 4.87. The Labute approximate surface area is 140 Å². The summed E-state index contributed by atoms with van der Waals surface area (Å²) >= 11 is 0. The van der Waals surface area contributed by atoms with Gasteiger partial charge in [0, 0.05) is 0 Å². The van der Waals surface area contributed by atoms with Crippen LogP contribution < -0.4 is 0 Å². The van der Waals surface area contributed by atoms with Crippen LogP contribution in [0.15, 0.2) is 0 Å². The Bertz CT molecular complexity index is 315. The maximum atomic E-state index is 6.12. The lowest BCUT2D eigenvalue weighted by atomic mass is 9.71. The van der Waals surface area contributed by atoms with E-state index in [0.717, 1.165) is 12.8 Å². The van der Waals surface area contributed by atoms with Crippen molar-refractivity contribution in [2.45, 2.75) is 52.2 Å². The third-order valence-electron chi connectivity index (χ3n) is 4.82. The topological polar surface area (TPSA) is 46.2 Å². The smallest absolute Gasteiger partial charge is 0.0840 e. The molecule has 0 aromatic carbocycles. The number of rotatable bonds is 0. The van der Waals surface area contributed by atoms with E-state index in [1.54, 1.807) is 0 Å². The Morgan fingerprint density at radius 2 is 1.09 bits per heavy atom. The number of ether oxygens (including phenoxy) is 5. The molecule has 1 heterocycles. The molecule has 0 spiro atoms. The average Bonchev–Trinajstić information content (AvgIpc) is 2.52. The van der Waals surface area contributed by atoms with Crippen molar-refractivity contribution in [1.29, 1.82) is 0 Å². The molecule has 0 bridgehead atoms. The second kappa shape index (κ2) is 9.94. The van der Waals surface area contributed by atoms with Gasteiger partial charge in [0.05, 0.1) is 65.1 Å². The summed E-state index contributed by atoms with van der Waals surface area (Å²) in [5.74, 6) is 0.681. The van der Waals surface area contributed by atoms with E-state index >= 15 is 0 Å². The molecule has 0 radical (unpaired) electrons. The van der Waals surface area contributed by atoms with Gasteiger partial charge in [-0.15, -0.1) is 0 Å². The van der Waals surface area contributed by atoms with Crippen LogP contribution in [-0.4, -0.2) is 65.1 Å². The lowest BCUT2D eigenvalue weighted by molar-refractivity contribution is -0.125. The van der Waals surface area contributed by atoms with Crippen molar-refractivity contribution in [3.8, 4) is 0 Å². The molecule has 1 aliphatic heterocycles. The molecule has 0 unspecified atom stereocenters. The van der Waals surface area contributed by atoms with Crippen molar-refractivity contribution in [3.63, 3.8) is 0 Å². The van der Waals surface area contributed by atoms with Crippen molar-refractivity contribution < 1.29 is 23.7 Å². The lowest BCUT2D eigenvalue weighted by Gasteiger charge is -2.41. The highest BCUT2D eigenvalue weighted by Gasteiger charge is 2.36. The van der Waals surface area contributed by atoms with Crippen LogP contribution in [0.5, 0.6) is 0 Å². The zero-order valence-electron chi connectivity index (χ0n) is 15.1. The Hall–Kier alpha value is -0.200. The van der Waals surface area contributed by atoms with E-state index in [0.29, 0.717) is 64.2 Å². The minimum absolute atomic E-state index is 0.165. The summed E-state index contributed by atoms with van der Waals surface area (Å²) < 4.78 is 28.7. The van der Waals surface area contributed by atoms with E-state index in [1.165, 1.54) is 6.42 Å². The number of hydrogen-bond donors (Lipinski definition) is 0. The highest BCUT2D eigenvalue weighted by atomic mass is 16.6. The molecule has 5 nitrogen and oxygen atoms in total. The molecule has 1 aliphatic carbocycles. The number of fused-ring (bicyclic) bond motifs is 1. The minimum atomic E-state index is 0.165. The Morgan fingerprint density at radius 3 is 1.61 bits per heavy atom. The lowest BCUT2D eigenvalue weighted by Crippen LogP contribution is -2.42.